The molecule has 0 fully saturated rings. The number of aldehydes is 1. The molecule has 3 N–H and O–H groups in total. The number of nitrogens with two attached hydrogens (primary N) is 1. The fraction of sp³-hybridized carbons (Fsp3) is 0.227. The van der Waals surface area contributed by atoms with Gasteiger partial charge in [-0.1, -0.05) is 12.1 Å². The largest absolute Gasteiger partial charge is 0.382 e. The van der Waals surface area contributed by atoms with Gasteiger partial charge in [0.1, 0.15) is 6.29 Å². The summed E-state index contributed by atoms with van der Waals surface area (Å²) in [5.41, 5.74) is 9.56. The van der Waals surface area contributed by atoms with Crippen LogP contribution in [0.25, 0.3) is 11.3 Å². The maximum absolute atomic E-state index is 13.0. The highest BCUT2D eigenvalue weighted by molar-refractivity contribution is 6.07. The fourth-order valence-corrected chi connectivity index (χ4v) is 3.01. The first-order valence-corrected chi connectivity index (χ1v) is 9.71. The molecule has 0 radical (unpaired) electrons. The first-order chi connectivity index (χ1) is 14.9. The van der Waals surface area contributed by atoms with Crippen LogP contribution in [0.4, 0.5) is 22.9 Å². The summed E-state index contributed by atoms with van der Waals surface area (Å²) in [5, 5.41) is 2.81. The third-order valence-corrected chi connectivity index (χ3v) is 4.71. The summed E-state index contributed by atoms with van der Waals surface area (Å²) < 4.78 is 0. The number of nitrogen functional groups attached to an aromatic ring is 1. The third-order valence-electron chi connectivity index (χ3n) is 4.71. The van der Waals surface area contributed by atoms with Crippen LogP contribution in [-0.2, 0) is 4.79 Å². The van der Waals surface area contributed by atoms with Crippen molar-refractivity contribution in [3.63, 3.8) is 0 Å². The Kier molecular flexibility index (Phi) is 6.76. The standard InChI is InChI=1S/C22H25N7O2/c1-28(2)16-7-4-6-15(12-16)17-14-25-21(23)20(26-17)22(31)27-18-13-24-9-8-19(18)29(3)10-5-11-30/h4,6-9,11-14H,5,10H2,1-3H3,(H2,23,25)(H,27,31). The van der Waals surface area contributed by atoms with Crippen LogP contribution in [-0.4, -0.2) is 54.8 Å². The van der Waals surface area contributed by atoms with E-state index in [0.717, 1.165) is 23.2 Å². The van der Waals surface area contributed by atoms with E-state index in [4.69, 9.17) is 5.73 Å². The number of pyridine rings is 1. The molecule has 0 aliphatic heterocycles. The van der Waals surface area contributed by atoms with Crippen molar-refractivity contribution in [2.75, 3.05) is 48.5 Å². The molecule has 3 rings (SSSR count). The number of benzene rings is 1. The van der Waals surface area contributed by atoms with E-state index in [2.05, 4.69) is 20.3 Å². The summed E-state index contributed by atoms with van der Waals surface area (Å²) in [6.45, 7) is 0.510. The van der Waals surface area contributed by atoms with E-state index in [-0.39, 0.29) is 11.5 Å². The highest BCUT2D eigenvalue weighted by Crippen LogP contribution is 2.26. The number of aromatic nitrogens is 3. The SMILES string of the molecule is CN(C)c1cccc(-c2cnc(N)c(C(=O)Nc3cnccc3N(C)CCC=O)n2)c1. The van der Waals surface area contributed by atoms with E-state index in [9.17, 15) is 9.59 Å². The van der Waals surface area contributed by atoms with Crippen LogP contribution in [0.15, 0.2) is 48.9 Å². The zero-order valence-corrected chi connectivity index (χ0v) is 17.7. The average Bonchev–Trinajstić information content (AvgIpc) is 2.78. The maximum Gasteiger partial charge on any atom is 0.278 e. The number of rotatable bonds is 8. The second-order valence-electron chi connectivity index (χ2n) is 7.16. The Labute approximate surface area is 180 Å². The van der Waals surface area contributed by atoms with Gasteiger partial charge in [-0.05, 0) is 18.2 Å². The number of hydrogen-bond acceptors (Lipinski definition) is 8. The lowest BCUT2D eigenvalue weighted by molar-refractivity contribution is -0.107. The van der Waals surface area contributed by atoms with Crippen molar-refractivity contribution in [3.8, 4) is 11.3 Å². The Morgan fingerprint density at radius 2 is 2.00 bits per heavy atom. The van der Waals surface area contributed by atoms with Gasteiger partial charge in [-0.15, -0.1) is 0 Å². The summed E-state index contributed by atoms with van der Waals surface area (Å²) in [6.07, 6.45) is 5.93. The van der Waals surface area contributed by atoms with E-state index < -0.39 is 5.91 Å². The number of carbonyl (C=O) groups is 2. The van der Waals surface area contributed by atoms with E-state index in [0.29, 0.717) is 24.3 Å². The molecule has 1 aromatic carbocycles. The van der Waals surface area contributed by atoms with Gasteiger partial charge in [-0.3, -0.25) is 9.78 Å². The van der Waals surface area contributed by atoms with Crippen LogP contribution in [0.2, 0.25) is 0 Å². The van der Waals surface area contributed by atoms with E-state index >= 15 is 0 Å². The molecule has 0 bridgehead atoms. The molecular weight excluding hydrogens is 394 g/mol. The molecule has 9 heteroatoms. The molecule has 0 aliphatic carbocycles. The van der Waals surface area contributed by atoms with Gasteiger partial charge in [0.05, 0.1) is 29.5 Å². The summed E-state index contributed by atoms with van der Waals surface area (Å²) in [7, 11) is 5.73. The molecule has 160 valence electrons. The van der Waals surface area contributed by atoms with Crippen molar-refractivity contribution in [2.45, 2.75) is 6.42 Å². The Morgan fingerprint density at radius 3 is 2.74 bits per heavy atom. The molecule has 0 spiro atoms. The smallest absolute Gasteiger partial charge is 0.278 e. The van der Waals surface area contributed by atoms with Gasteiger partial charge in [-0.25, -0.2) is 9.97 Å². The second kappa shape index (κ2) is 9.66. The molecule has 0 unspecified atom stereocenters. The number of nitrogens with zero attached hydrogens (tertiary/aromatic N) is 5. The van der Waals surface area contributed by atoms with Crippen LogP contribution in [0, 0.1) is 0 Å². The second-order valence-corrected chi connectivity index (χ2v) is 7.16. The molecule has 0 saturated heterocycles. The zero-order chi connectivity index (χ0) is 22.4. The van der Waals surface area contributed by atoms with Gasteiger partial charge in [0.2, 0.25) is 0 Å². The van der Waals surface area contributed by atoms with E-state index in [1.165, 1.54) is 0 Å². The Balaban J connectivity index is 1.89. The molecule has 2 aromatic heterocycles. The van der Waals surface area contributed by atoms with Crippen molar-refractivity contribution < 1.29 is 9.59 Å². The predicted octanol–water partition coefficient (Wildman–Crippen LogP) is 2.46. The summed E-state index contributed by atoms with van der Waals surface area (Å²) in [5.74, 6) is -0.460. The first kappa shape index (κ1) is 21.7. The van der Waals surface area contributed by atoms with Crippen LogP contribution < -0.4 is 20.9 Å². The molecule has 1 amide bonds. The summed E-state index contributed by atoms with van der Waals surface area (Å²) >= 11 is 0. The van der Waals surface area contributed by atoms with Gasteiger partial charge in [0.15, 0.2) is 11.5 Å². The van der Waals surface area contributed by atoms with Gasteiger partial charge in [-0.2, -0.15) is 0 Å². The van der Waals surface area contributed by atoms with Crippen LogP contribution in [0.1, 0.15) is 16.9 Å². The highest BCUT2D eigenvalue weighted by atomic mass is 16.2. The number of hydrogen-bond donors (Lipinski definition) is 2. The lowest BCUT2D eigenvalue weighted by Gasteiger charge is -2.21. The molecule has 2 heterocycles. The minimum absolute atomic E-state index is 0.0260. The average molecular weight is 419 g/mol. The molecule has 3 aromatic rings. The Bertz CT molecular complexity index is 1080. The third kappa shape index (κ3) is 5.13. The molecule has 31 heavy (non-hydrogen) atoms. The van der Waals surface area contributed by atoms with Gasteiger partial charge >= 0.3 is 0 Å². The minimum atomic E-state index is -0.492. The lowest BCUT2D eigenvalue weighted by atomic mass is 10.1. The first-order valence-electron chi connectivity index (χ1n) is 9.71. The van der Waals surface area contributed by atoms with Crippen molar-refractivity contribution in [1.29, 1.82) is 0 Å². The Morgan fingerprint density at radius 1 is 1.19 bits per heavy atom. The molecule has 9 nitrogen and oxygen atoms in total. The van der Waals surface area contributed by atoms with Gasteiger partial charge < -0.3 is 25.6 Å². The van der Waals surface area contributed by atoms with Crippen LogP contribution >= 0.6 is 0 Å². The lowest BCUT2D eigenvalue weighted by Crippen LogP contribution is -2.23. The normalized spacial score (nSPS) is 10.4. The number of nitrogens with one attached hydrogen (secondary N) is 1. The molecular formula is C22H25N7O2. The fourth-order valence-electron chi connectivity index (χ4n) is 3.01. The van der Waals surface area contributed by atoms with E-state index in [1.54, 1.807) is 24.7 Å². The number of amides is 1. The molecule has 0 aliphatic rings. The van der Waals surface area contributed by atoms with Crippen molar-refractivity contribution >= 4 is 35.1 Å². The van der Waals surface area contributed by atoms with Gasteiger partial charge in [0.25, 0.3) is 5.91 Å². The highest BCUT2D eigenvalue weighted by Gasteiger charge is 2.18. The van der Waals surface area contributed by atoms with Crippen molar-refractivity contribution in [2.24, 2.45) is 0 Å². The molecule has 0 saturated carbocycles. The van der Waals surface area contributed by atoms with Crippen LogP contribution in [0.3, 0.4) is 0 Å². The molecule has 0 atom stereocenters. The van der Waals surface area contributed by atoms with Crippen molar-refractivity contribution in [3.05, 3.63) is 54.6 Å². The number of anilines is 4. The quantitative estimate of drug-likeness (QED) is 0.535. The van der Waals surface area contributed by atoms with Crippen molar-refractivity contribution in [1.82, 2.24) is 15.0 Å². The van der Waals surface area contributed by atoms with Gasteiger partial charge in [0, 0.05) is 51.6 Å². The monoisotopic (exact) mass is 419 g/mol. The zero-order valence-electron chi connectivity index (χ0n) is 17.7. The number of carbonyl (C=O) groups excluding carboxylic acids is 2. The Hall–Kier alpha value is -4.01. The minimum Gasteiger partial charge on any atom is -0.382 e. The van der Waals surface area contributed by atoms with Crippen LogP contribution in [0.5, 0.6) is 0 Å². The predicted molar refractivity (Wildman–Crippen MR) is 122 cm³/mol. The summed E-state index contributed by atoms with van der Waals surface area (Å²) in [6, 6.07) is 9.52. The maximum atomic E-state index is 13.0. The topological polar surface area (TPSA) is 117 Å². The summed E-state index contributed by atoms with van der Waals surface area (Å²) in [4.78, 5) is 40.2. The van der Waals surface area contributed by atoms with E-state index in [1.807, 2.05) is 55.2 Å².